The van der Waals surface area contributed by atoms with Crippen LogP contribution in [-0.2, 0) is 13.0 Å². The normalized spacial score (nSPS) is 19.7. The number of nitrogens with one attached hydrogen (secondary N) is 1. The minimum atomic E-state index is -0.0627. The SMILES string of the molecule is CN(Cc1cc(C[C@@H]2C[C@H](NC(=O)c3cccnc3)C2(C)C)no1)c1ccccc1. The fourth-order valence-corrected chi connectivity index (χ4v) is 4.13. The second kappa shape index (κ2) is 8.30. The zero-order valence-corrected chi connectivity index (χ0v) is 17.7. The van der Waals surface area contributed by atoms with Crippen LogP contribution in [0.25, 0.3) is 0 Å². The molecular weight excluding hydrogens is 376 g/mol. The summed E-state index contributed by atoms with van der Waals surface area (Å²) in [5, 5.41) is 7.45. The van der Waals surface area contributed by atoms with E-state index in [9.17, 15) is 4.79 Å². The van der Waals surface area contributed by atoms with Gasteiger partial charge in [0.05, 0.1) is 17.8 Å². The molecule has 0 spiro atoms. The predicted molar refractivity (Wildman–Crippen MR) is 116 cm³/mol. The summed E-state index contributed by atoms with van der Waals surface area (Å²) in [6, 6.07) is 16.0. The van der Waals surface area contributed by atoms with E-state index in [1.807, 2.05) is 25.2 Å². The third kappa shape index (κ3) is 4.22. The number of aromatic nitrogens is 2. The van der Waals surface area contributed by atoms with Crippen LogP contribution in [0.1, 0.15) is 42.1 Å². The molecule has 6 heteroatoms. The molecule has 0 aliphatic heterocycles. The topological polar surface area (TPSA) is 71.3 Å². The van der Waals surface area contributed by atoms with E-state index in [0.717, 1.165) is 30.0 Å². The summed E-state index contributed by atoms with van der Waals surface area (Å²) in [4.78, 5) is 18.6. The molecule has 0 saturated heterocycles. The summed E-state index contributed by atoms with van der Waals surface area (Å²) in [6.45, 7) is 5.09. The first-order chi connectivity index (χ1) is 14.4. The number of amides is 1. The number of rotatable bonds is 7. The number of carbonyl (C=O) groups is 1. The van der Waals surface area contributed by atoms with Gasteiger partial charge < -0.3 is 14.7 Å². The lowest BCUT2D eigenvalue weighted by molar-refractivity contribution is 0.0138. The summed E-state index contributed by atoms with van der Waals surface area (Å²) in [5.41, 5.74) is 2.71. The van der Waals surface area contributed by atoms with Gasteiger partial charge >= 0.3 is 0 Å². The molecule has 4 rings (SSSR count). The monoisotopic (exact) mass is 404 g/mol. The maximum absolute atomic E-state index is 12.4. The lowest BCUT2D eigenvalue weighted by atomic mass is 9.57. The highest BCUT2D eigenvalue weighted by Gasteiger charge is 2.48. The molecule has 6 nitrogen and oxygen atoms in total. The molecule has 1 amide bonds. The molecule has 1 aliphatic rings. The van der Waals surface area contributed by atoms with Crippen LogP contribution >= 0.6 is 0 Å². The van der Waals surface area contributed by atoms with Gasteiger partial charge in [0.15, 0.2) is 5.76 Å². The Hall–Kier alpha value is -3.15. The second-order valence-electron chi connectivity index (χ2n) is 8.70. The molecule has 1 N–H and O–H groups in total. The van der Waals surface area contributed by atoms with Crippen molar-refractivity contribution < 1.29 is 9.32 Å². The van der Waals surface area contributed by atoms with Crippen LogP contribution in [0.4, 0.5) is 5.69 Å². The molecule has 3 aromatic rings. The van der Waals surface area contributed by atoms with Gasteiger partial charge in [0, 0.05) is 37.2 Å². The molecule has 0 bridgehead atoms. The van der Waals surface area contributed by atoms with E-state index in [2.05, 4.69) is 52.4 Å². The fraction of sp³-hybridized carbons (Fsp3) is 0.375. The standard InChI is InChI=1S/C24H28N4O2/c1-24(2)18(13-22(24)26-23(29)17-8-7-11-25-15-17)12-19-14-21(30-27-19)16-28(3)20-9-5-4-6-10-20/h4-11,14-15,18,22H,12-13,16H2,1-3H3,(H,26,29)/t18-,22+/m1/s1. The Morgan fingerprint density at radius 2 is 2.03 bits per heavy atom. The molecule has 2 atom stereocenters. The summed E-state index contributed by atoms with van der Waals surface area (Å²) in [7, 11) is 2.04. The van der Waals surface area contributed by atoms with Crippen LogP contribution in [-0.4, -0.2) is 29.1 Å². The number of para-hydroxylation sites is 1. The Morgan fingerprint density at radius 3 is 2.73 bits per heavy atom. The van der Waals surface area contributed by atoms with Gasteiger partial charge in [0.1, 0.15) is 0 Å². The summed E-state index contributed by atoms with van der Waals surface area (Å²) < 4.78 is 5.58. The van der Waals surface area contributed by atoms with Crippen molar-refractivity contribution in [2.75, 3.05) is 11.9 Å². The number of carbonyl (C=O) groups excluding carboxylic acids is 1. The van der Waals surface area contributed by atoms with Crippen molar-refractivity contribution in [1.82, 2.24) is 15.5 Å². The Kier molecular flexibility index (Phi) is 5.57. The third-order valence-corrected chi connectivity index (χ3v) is 6.35. The average Bonchev–Trinajstić information content (AvgIpc) is 3.21. The van der Waals surface area contributed by atoms with Gasteiger partial charge in [-0.1, -0.05) is 37.2 Å². The zero-order valence-electron chi connectivity index (χ0n) is 17.7. The summed E-state index contributed by atoms with van der Waals surface area (Å²) in [5.74, 6) is 1.24. The van der Waals surface area contributed by atoms with Crippen molar-refractivity contribution >= 4 is 11.6 Å². The van der Waals surface area contributed by atoms with E-state index in [1.54, 1.807) is 24.5 Å². The summed E-state index contributed by atoms with van der Waals surface area (Å²) in [6.07, 6.45) is 5.06. The number of hydrogen-bond acceptors (Lipinski definition) is 5. The predicted octanol–water partition coefficient (Wildman–Crippen LogP) is 4.09. The molecule has 0 unspecified atom stereocenters. The summed E-state index contributed by atoms with van der Waals surface area (Å²) >= 11 is 0. The maximum atomic E-state index is 12.4. The van der Waals surface area contributed by atoms with E-state index in [1.165, 1.54) is 0 Å². The lowest BCUT2D eigenvalue weighted by Crippen LogP contribution is -2.58. The smallest absolute Gasteiger partial charge is 0.253 e. The molecule has 1 fully saturated rings. The van der Waals surface area contributed by atoms with E-state index < -0.39 is 0 Å². The Balaban J connectivity index is 1.32. The lowest BCUT2D eigenvalue weighted by Gasteiger charge is -2.52. The van der Waals surface area contributed by atoms with Crippen LogP contribution < -0.4 is 10.2 Å². The zero-order chi connectivity index (χ0) is 21.1. The van der Waals surface area contributed by atoms with Crippen LogP contribution in [0.5, 0.6) is 0 Å². The van der Waals surface area contributed by atoms with Gasteiger partial charge in [-0.3, -0.25) is 9.78 Å². The Bertz CT molecular complexity index is 985. The number of pyridine rings is 1. The Labute approximate surface area is 177 Å². The number of nitrogens with zero attached hydrogens (tertiary/aromatic N) is 3. The van der Waals surface area contributed by atoms with Crippen molar-refractivity contribution in [1.29, 1.82) is 0 Å². The van der Waals surface area contributed by atoms with Crippen molar-refractivity contribution in [2.24, 2.45) is 11.3 Å². The largest absolute Gasteiger partial charge is 0.367 e. The molecule has 1 aliphatic carbocycles. The fourth-order valence-electron chi connectivity index (χ4n) is 4.13. The molecule has 1 saturated carbocycles. The van der Waals surface area contributed by atoms with E-state index in [4.69, 9.17) is 4.52 Å². The first-order valence-corrected chi connectivity index (χ1v) is 10.3. The van der Waals surface area contributed by atoms with E-state index in [0.29, 0.717) is 18.0 Å². The number of anilines is 1. The second-order valence-corrected chi connectivity index (χ2v) is 8.70. The van der Waals surface area contributed by atoms with Crippen molar-refractivity contribution in [2.45, 2.75) is 39.3 Å². The van der Waals surface area contributed by atoms with Crippen LogP contribution in [0.3, 0.4) is 0 Å². The van der Waals surface area contributed by atoms with E-state index in [-0.39, 0.29) is 17.4 Å². The average molecular weight is 405 g/mol. The van der Waals surface area contributed by atoms with Crippen molar-refractivity contribution in [3.8, 4) is 0 Å². The minimum Gasteiger partial charge on any atom is -0.367 e. The van der Waals surface area contributed by atoms with Crippen LogP contribution in [0, 0.1) is 11.3 Å². The Morgan fingerprint density at radius 1 is 1.23 bits per heavy atom. The highest BCUT2D eigenvalue weighted by atomic mass is 16.5. The molecule has 0 radical (unpaired) electrons. The third-order valence-electron chi connectivity index (χ3n) is 6.35. The highest BCUT2D eigenvalue weighted by Crippen LogP contribution is 2.47. The molecule has 2 aromatic heterocycles. The molecule has 30 heavy (non-hydrogen) atoms. The number of hydrogen-bond donors (Lipinski definition) is 1. The van der Waals surface area contributed by atoms with Gasteiger partial charge in [0.25, 0.3) is 5.91 Å². The first kappa shape index (κ1) is 20.1. The highest BCUT2D eigenvalue weighted by molar-refractivity contribution is 5.94. The van der Waals surface area contributed by atoms with Gasteiger partial charge in [0.2, 0.25) is 0 Å². The molecular formula is C24H28N4O2. The molecule has 2 heterocycles. The molecule has 156 valence electrons. The van der Waals surface area contributed by atoms with Gasteiger partial charge in [-0.15, -0.1) is 0 Å². The van der Waals surface area contributed by atoms with E-state index >= 15 is 0 Å². The van der Waals surface area contributed by atoms with Crippen molar-refractivity contribution in [3.05, 3.63) is 77.9 Å². The van der Waals surface area contributed by atoms with Crippen LogP contribution in [0.2, 0.25) is 0 Å². The minimum absolute atomic E-state index is 0.00217. The number of benzene rings is 1. The quantitative estimate of drug-likeness (QED) is 0.642. The van der Waals surface area contributed by atoms with Crippen molar-refractivity contribution in [3.63, 3.8) is 0 Å². The van der Waals surface area contributed by atoms with Gasteiger partial charge in [-0.05, 0) is 48.4 Å². The van der Waals surface area contributed by atoms with Crippen LogP contribution in [0.15, 0.2) is 65.4 Å². The first-order valence-electron chi connectivity index (χ1n) is 10.3. The van der Waals surface area contributed by atoms with Gasteiger partial charge in [-0.2, -0.15) is 0 Å². The maximum Gasteiger partial charge on any atom is 0.253 e. The molecule has 1 aromatic carbocycles. The van der Waals surface area contributed by atoms with Gasteiger partial charge in [-0.25, -0.2) is 0 Å².